The zero-order valence-electron chi connectivity index (χ0n) is 42.9. The number of benzene rings is 7. The lowest BCUT2D eigenvalue weighted by Gasteiger charge is -2.43. The molecule has 77 heavy (non-hydrogen) atoms. The number of hydrogen-bond donors (Lipinski definition) is 2. The fourth-order valence-electron chi connectivity index (χ4n) is 11.1. The predicted molar refractivity (Wildman–Crippen MR) is 286 cm³/mol. The molecule has 11 rings (SSSR count). The lowest BCUT2D eigenvalue weighted by molar-refractivity contribution is -0.187. The number of anilines is 1. The summed E-state index contributed by atoms with van der Waals surface area (Å²) < 4.78 is 51.0. The molecule has 2 aromatic heterocycles. The first-order valence-electron chi connectivity index (χ1n) is 25.2. The summed E-state index contributed by atoms with van der Waals surface area (Å²) in [6.45, 7) is 7.60. The van der Waals surface area contributed by atoms with Gasteiger partial charge in [0.05, 0.1) is 39.3 Å². The molecule has 9 aromatic rings. The Morgan fingerprint density at radius 2 is 1.38 bits per heavy atom. The number of carbonyl (C=O) groups excluding carboxylic acids is 3. The molecule has 392 valence electrons. The molecule has 0 radical (unpaired) electrons. The van der Waals surface area contributed by atoms with Gasteiger partial charge in [0.1, 0.15) is 36.0 Å². The van der Waals surface area contributed by atoms with Gasteiger partial charge in [0, 0.05) is 32.8 Å². The molecular formula is C60H55N5O12. The summed E-state index contributed by atoms with van der Waals surface area (Å²) in [6, 6.07) is 40.2. The Bertz CT molecular complexity index is 3600. The number of esters is 3. The Kier molecular flexibility index (Phi) is 13.7. The van der Waals surface area contributed by atoms with Gasteiger partial charge in [0.15, 0.2) is 29.5 Å². The van der Waals surface area contributed by atoms with E-state index in [1.165, 1.54) is 20.8 Å². The molecule has 7 atom stereocenters. The molecule has 0 unspecified atom stereocenters. The van der Waals surface area contributed by atoms with Crippen molar-refractivity contribution in [2.24, 2.45) is 0 Å². The Labute approximate surface area is 442 Å². The van der Waals surface area contributed by atoms with Gasteiger partial charge in [0.25, 0.3) is 0 Å². The summed E-state index contributed by atoms with van der Waals surface area (Å²) in [4.78, 5) is 53.8. The van der Waals surface area contributed by atoms with E-state index in [-0.39, 0.29) is 42.6 Å². The van der Waals surface area contributed by atoms with Crippen molar-refractivity contribution >= 4 is 67.3 Å². The van der Waals surface area contributed by atoms with Crippen molar-refractivity contribution in [1.82, 2.24) is 19.5 Å². The molecule has 1 aliphatic carbocycles. The molecule has 1 saturated heterocycles. The number of aliphatic hydroxyl groups excluding tert-OH is 1. The summed E-state index contributed by atoms with van der Waals surface area (Å²) >= 11 is 0. The monoisotopic (exact) mass is 1040 g/mol. The fraction of sp³-hybridized carbons (Fsp3) is 0.267. The summed E-state index contributed by atoms with van der Waals surface area (Å²) in [5, 5.41) is 20.9. The molecule has 0 amide bonds. The highest BCUT2D eigenvalue weighted by molar-refractivity contribution is 6.24. The third-order valence-corrected chi connectivity index (χ3v) is 14.4. The van der Waals surface area contributed by atoms with E-state index < -0.39 is 66.3 Å². The van der Waals surface area contributed by atoms with Crippen LogP contribution in [0.4, 0.5) is 5.95 Å². The topological polar surface area (TPSA) is 201 Å². The molecule has 2 N–H and O–H groups in total. The summed E-state index contributed by atoms with van der Waals surface area (Å²) in [5.41, 5.74) is 2.96. The Morgan fingerprint density at radius 1 is 0.753 bits per heavy atom. The van der Waals surface area contributed by atoms with Crippen LogP contribution in [0.2, 0.25) is 0 Å². The maximum atomic E-state index is 13.2. The minimum absolute atomic E-state index is 0.00896. The number of hydrogen-bond acceptors (Lipinski definition) is 16. The average Bonchev–Trinajstić information content (AvgIpc) is 4.23. The highest BCUT2D eigenvalue weighted by Gasteiger charge is 2.51. The van der Waals surface area contributed by atoms with Gasteiger partial charge < -0.3 is 48.3 Å². The first-order valence-corrected chi connectivity index (χ1v) is 25.2. The summed E-state index contributed by atoms with van der Waals surface area (Å²) in [5.74, 6) is -0.568. The van der Waals surface area contributed by atoms with Crippen LogP contribution in [0.5, 0.6) is 17.4 Å². The van der Waals surface area contributed by atoms with Gasteiger partial charge in [-0.3, -0.25) is 19.0 Å². The lowest BCUT2D eigenvalue weighted by Crippen LogP contribution is -2.50. The number of aliphatic hydroxyl groups is 1. The molecule has 17 heteroatoms. The molecule has 2 aliphatic rings. The number of nitrogens with one attached hydrogen (secondary N) is 1. The van der Waals surface area contributed by atoms with Gasteiger partial charge in [-0.05, 0) is 84.9 Å². The first kappa shape index (κ1) is 50.5. The second-order valence-corrected chi connectivity index (χ2v) is 19.1. The molecule has 17 nitrogen and oxygen atoms in total. The van der Waals surface area contributed by atoms with Crippen LogP contribution < -0.4 is 19.5 Å². The molecule has 0 bridgehead atoms. The number of imidazole rings is 1. The first-order chi connectivity index (χ1) is 37.4. The van der Waals surface area contributed by atoms with Crippen molar-refractivity contribution < 1.29 is 57.4 Å². The molecular weight excluding hydrogens is 983 g/mol. The van der Waals surface area contributed by atoms with Crippen LogP contribution in [0, 0.1) is 0 Å². The number of rotatable bonds is 17. The maximum absolute atomic E-state index is 13.2. The van der Waals surface area contributed by atoms with Crippen molar-refractivity contribution in [3.63, 3.8) is 0 Å². The number of carbonyl (C=O) groups is 3. The minimum Gasteiger partial charge on any atom is -0.497 e. The van der Waals surface area contributed by atoms with E-state index in [1.54, 1.807) is 31.2 Å². The molecule has 0 spiro atoms. The summed E-state index contributed by atoms with van der Waals surface area (Å²) in [6.07, 6.45) is -3.23. The van der Waals surface area contributed by atoms with E-state index in [0.717, 1.165) is 49.0 Å². The van der Waals surface area contributed by atoms with Gasteiger partial charge in [-0.2, -0.15) is 9.97 Å². The highest BCUT2D eigenvalue weighted by Crippen LogP contribution is 2.50. The van der Waals surface area contributed by atoms with Gasteiger partial charge in [-0.15, -0.1) is 0 Å². The van der Waals surface area contributed by atoms with Crippen LogP contribution in [-0.2, 0) is 43.7 Å². The number of aromatic nitrogens is 4. The van der Waals surface area contributed by atoms with Crippen molar-refractivity contribution in [3.8, 4) is 17.4 Å². The third kappa shape index (κ3) is 9.25. The van der Waals surface area contributed by atoms with Gasteiger partial charge in [-0.1, -0.05) is 110 Å². The molecule has 0 saturated carbocycles. The van der Waals surface area contributed by atoms with E-state index in [9.17, 15) is 19.5 Å². The second-order valence-electron chi connectivity index (χ2n) is 19.1. The highest BCUT2D eigenvalue weighted by atomic mass is 16.6. The van der Waals surface area contributed by atoms with E-state index in [4.69, 9.17) is 52.8 Å². The number of fused-ring (bicyclic) bond motifs is 3. The van der Waals surface area contributed by atoms with Gasteiger partial charge in [-0.25, -0.2) is 4.98 Å². The van der Waals surface area contributed by atoms with Crippen LogP contribution in [0.3, 0.4) is 0 Å². The second kappa shape index (κ2) is 20.8. The number of methoxy groups -OCH3 is 2. The SMILES string of the molecule is C=CCOc1nc(N[C@@H]2c3c(cc4ccc5cccc6ccc3c4c56)[C@H](OC(C)=O)[C@@H](OC(C)=O)[C@H]2OC(C)=O)nc2c1ncn2[C@H]1C[C@H](O)[C@@H](COC(c2ccccc2)(c2ccc(OC)cc2)c2ccc(OC)cc2)O1. The van der Waals surface area contributed by atoms with Crippen molar-refractivity contribution in [3.05, 3.63) is 174 Å². The average molecular weight is 1040 g/mol. The van der Waals surface area contributed by atoms with Crippen LogP contribution in [0.1, 0.15) is 73.4 Å². The quantitative estimate of drug-likeness (QED) is 0.0287. The van der Waals surface area contributed by atoms with Crippen LogP contribution in [0.25, 0.3) is 43.5 Å². The van der Waals surface area contributed by atoms with Crippen molar-refractivity contribution in [2.75, 3.05) is 32.8 Å². The largest absolute Gasteiger partial charge is 0.497 e. The molecule has 7 aromatic carbocycles. The zero-order valence-corrected chi connectivity index (χ0v) is 42.9. The zero-order chi connectivity index (χ0) is 53.5. The lowest BCUT2D eigenvalue weighted by atomic mass is 9.77. The van der Waals surface area contributed by atoms with Crippen LogP contribution in [-0.4, -0.2) is 94.4 Å². The molecule has 1 aliphatic heterocycles. The predicted octanol–water partition coefficient (Wildman–Crippen LogP) is 9.60. The fourth-order valence-corrected chi connectivity index (χ4v) is 11.1. The van der Waals surface area contributed by atoms with Crippen LogP contribution in [0.15, 0.2) is 146 Å². The minimum atomic E-state index is -1.33. The smallest absolute Gasteiger partial charge is 0.303 e. The van der Waals surface area contributed by atoms with E-state index in [2.05, 4.69) is 11.9 Å². The normalized spacial score (nSPS) is 20.2. The Balaban J connectivity index is 0.998. The van der Waals surface area contributed by atoms with E-state index in [1.807, 2.05) is 127 Å². The standard InChI is InChI=1S/C60H55N5O12/c1-7-28-72-58-53-57(65(32-61-53)48-30-46(69)47(77-48)31-73-60(39-14-9-8-10-15-39,40-19-23-42(70-5)24-20-40)41-21-25-43(71-6)26-22-41)63-59(64-58)62-52-51-44-27-18-37-13-11-12-36-16-17-38(50(44)49(36)37)29-45(51)54(74-33(2)66)56(76-35(4)68)55(52)75-34(3)67/h7-27,29,32,46-48,52,54-56,69H,1,28,30-31H2,2-6H3,(H,62,63,64)/t46-,47+,48+,52+,54-,55-,56+/m0/s1. The third-order valence-electron chi connectivity index (χ3n) is 14.4. The number of ether oxygens (including phenoxy) is 8. The van der Waals surface area contributed by atoms with Crippen LogP contribution >= 0.6 is 0 Å². The maximum Gasteiger partial charge on any atom is 0.303 e. The molecule has 3 heterocycles. The summed E-state index contributed by atoms with van der Waals surface area (Å²) in [7, 11) is 3.23. The van der Waals surface area contributed by atoms with Gasteiger partial charge >= 0.3 is 17.9 Å². The number of nitrogens with zero attached hydrogens (tertiary/aromatic N) is 4. The van der Waals surface area contributed by atoms with Crippen molar-refractivity contribution in [1.29, 1.82) is 0 Å². The Morgan fingerprint density at radius 3 is 2.01 bits per heavy atom. The van der Waals surface area contributed by atoms with E-state index in [0.29, 0.717) is 22.6 Å². The van der Waals surface area contributed by atoms with Crippen molar-refractivity contribution in [2.45, 2.75) is 75.6 Å². The van der Waals surface area contributed by atoms with E-state index >= 15 is 0 Å². The van der Waals surface area contributed by atoms with Gasteiger partial charge in [0.2, 0.25) is 11.8 Å². The molecule has 1 fully saturated rings. The Hall–Kier alpha value is -8.64.